The number of Topliss-reactive ketones (excluding diaryl/α,β-unsaturated/α-hetero) is 1. The molecule has 2 heterocycles. The van der Waals surface area contributed by atoms with Crippen molar-refractivity contribution in [2.24, 2.45) is 0 Å². The molecule has 54 heavy (non-hydrogen) atoms. The fraction of sp³-hybridized carbons (Fsp3) is 0.444. The lowest BCUT2D eigenvalue weighted by molar-refractivity contribution is -0.140. The van der Waals surface area contributed by atoms with E-state index in [0.29, 0.717) is 78.3 Å². The van der Waals surface area contributed by atoms with Crippen LogP contribution < -0.4 is 0 Å². The predicted molar refractivity (Wildman–Crippen MR) is 212 cm³/mol. The van der Waals surface area contributed by atoms with Gasteiger partial charge >= 0.3 is 0 Å². The Kier molecular flexibility index (Phi) is 10.3. The molecule has 0 unspecified atom stereocenters. The van der Waals surface area contributed by atoms with Crippen LogP contribution in [-0.2, 0) is 14.3 Å². The van der Waals surface area contributed by atoms with Crippen LogP contribution in [0.5, 0.6) is 0 Å². The maximum absolute atomic E-state index is 14.0. The first-order chi connectivity index (χ1) is 25.9. The van der Waals surface area contributed by atoms with E-state index in [2.05, 4.69) is 0 Å². The van der Waals surface area contributed by atoms with E-state index in [1.807, 2.05) is 64.1 Å². The van der Waals surface area contributed by atoms with Crippen LogP contribution in [0.25, 0.3) is 43.1 Å². The summed E-state index contributed by atoms with van der Waals surface area (Å²) in [5.41, 5.74) is 1.09. The van der Waals surface area contributed by atoms with Gasteiger partial charge < -0.3 is 9.47 Å². The van der Waals surface area contributed by atoms with Crippen LogP contribution in [0.15, 0.2) is 48.5 Å². The third kappa shape index (κ3) is 6.25. The summed E-state index contributed by atoms with van der Waals surface area (Å²) in [6.07, 6.45) is 5.82. The van der Waals surface area contributed by atoms with Gasteiger partial charge in [0.25, 0.3) is 23.6 Å². The van der Waals surface area contributed by atoms with Crippen LogP contribution in [0.2, 0.25) is 0 Å². The molecule has 5 aromatic carbocycles. The molecule has 0 aliphatic carbocycles. The minimum atomic E-state index is -0.901. The number of imide groups is 2. The van der Waals surface area contributed by atoms with Gasteiger partial charge in [-0.1, -0.05) is 44.5 Å². The van der Waals surface area contributed by atoms with Crippen molar-refractivity contribution in [2.45, 2.75) is 111 Å². The van der Waals surface area contributed by atoms with Gasteiger partial charge in [-0.15, -0.1) is 0 Å². The van der Waals surface area contributed by atoms with E-state index in [4.69, 9.17) is 9.47 Å². The molecular weight excluding hydrogens is 681 g/mol. The van der Waals surface area contributed by atoms with Crippen molar-refractivity contribution in [3.05, 3.63) is 70.8 Å². The van der Waals surface area contributed by atoms with Crippen LogP contribution in [0.3, 0.4) is 0 Å². The summed E-state index contributed by atoms with van der Waals surface area (Å²) in [6.45, 7) is 12.9. The fourth-order valence-corrected chi connectivity index (χ4v) is 8.49. The fourth-order valence-electron chi connectivity index (χ4n) is 8.49. The minimum Gasteiger partial charge on any atom is -0.379 e. The Hall–Kier alpha value is -4.73. The van der Waals surface area contributed by atoms with E-state index in [1.54, 1.807) is 26.0 Å². The average molecular weight is 731 g/mol. The third-order valence-electron chi connectivity index (χ3n) is 11.5. The summed E-state index contributed by atoms with van der Waals surface area (Å²) in [5, 5.41) is 6.47. The highest BCUT2D eigenvalue weighted by Gasteiger charge is 2.38. The molecule has 4 amide bonds. The SMILES string of the molecule is CCC(CC)N1C(=O)c2ccc3c4ccc5c6c(ccc(c7ccc(c2c37)C1=O)c64)C(=O)N(CCCCOC(C)(C)C(=O)CCCCCOC(C)C)C5=O. The summed E-state index contributed by atoms with van der Waals surface area (Å²) in [4.78, 5) is 71.2. The lowest BCUT2D eigenvalue weighted by Crippen LogP contribution is -2.46. The highest BCUT2D eigenvalue weighted by Crippen LogP contribution is 2.46. The molecule has 0 fully saturated rings. The Morgan fingerprint density at radius 2 is 1.07 bits per heavy atom. The largest absolute Gasteiger partial charge is 0.379 e. The van der Waals surface area contributed by atoms with E-state index in [1.165, 1.54) is 9.80 Å². The zero-order valence-corrected chi connectivity index (χ0v) is 32.3. The maximum Gasteiger partial charge on any atom is 0.261 e. The summed E-state index contributed by atoms with van der Waals surface area (Å²) < 4.78 is 11.6. The monoisotopic (exact) mass is 730 g/mol. The van der Waals surface area contributed by atoms with E-state index in [9.17, 15) is 24.0 Å². The molecule has 0 N–H and O–H groups in total. The standard InChI is InChI=1S/C45H50N2O7/c1-7-27(8-2)47-43(51)34-21-17-30-28-15-19-32-39-33(20-16-29(37(28)39)31-18-22-35(44(47)52)40(34)38(30)31)42(50)46(41(32)49)23-11-13-25-54-45(5,6)36(48)14-10-9-12-24-53-26(3)4/h15-22,26-27H,7-14,23-25H2,1-6H3. The minimum absolute atomic E-state index is 0.0685. The molecule has 9 heteroatoms. The van der Waals surface area contributed by atoms with Crippen molar-refractivity contribution < 1.29 is 33.4 Å². The Morgan fingerprint density at radius 3 is 1.54 bits per heavy atom. The summed E-state index contributed by atoms with van der Waals surface area (Å²) in [7, 11) is 0. The lowest BCUT2D eigenvalue weighted by Gasteiger charge is -2.33. The number of carbonyl (C=O) groups is 5. The lowest BCUT2D eigenvalue weighted by atomic mass is 9.82. The first-order valence-corrected chi connectivity index (χ1v) is 19.6. The van der Waals surface area contributed by atoms with Crippen molar-refractivity contribution in [3.8, 4) is 0 Å². The molecule has 0 saturated heterocycles. The van der Waals surface area contributed by atoms with Gasteiger partial charge in [-0.05, 0) is 123 Å². The van der Waals surface area contributed by atoms with E-state index in [-0.39, 0.29) is 48.1 Å². The van der Waals surface area contributed by atoms with Gasteiger partial charge in [0.2, 0.25) is 0 Å². The molecule has 7 rings (SSSR count). The Labute approximate surface area is 316 Å². The second-order valence-electron chi connectivity index (χ2n) is 15.6. The van der Waals surface area contributed by atoms with Gasteiger partial charge in [0.05, 0.1) is 6.10 Å². The molecule has 9 nitrogen and oxygen atoms in total. The maximum atomic E-state index is 14.0. The molecule has 0 radical (unpaired) electrons. The van der Waals surface area contributed by atoms with Gasteiger partial charge in [-0.25, -0.2) is 0 Å². The highest BCUT2D eigenvalue weighted by atomic mass is 16.5. The highest BCUT2D eigenvalue weighted by molar-refractivity contribution is 6.41. The molecule has 2 aliphatic rings. The Balaban J connectivity index is 1.09. The molecule has 0 spiro atoms. The average Bonchev–Trinajstić information content (AvgIpc) is 3.16. The van der Waals surface area contributed by atoms with Crippen molar-refractivity contribution in [1.82, 2.24) is 9.80 Å². The molecule has 282 valence electrons. The number of ether oxygens (including phenoxy) is 2. The quantitative estimate of drug-likeness (QED) is 0.0406. The zero-order valence-electron chi connectivity index (χ0n) is 32.3. The van der Waals surface area contributed by atoms with E-state index >= 15 is 0 Å². The number of carbonyl (C=O) groups excluding carboxylic acids is 5. The first kappa shape index (κ1) is 37.6. The second-order valence-corrected chi connectivity index (χ2v) is 15.6. The van der Waals surface area contributed by atoms with Crippen LogP contribution in [0.1, 0.15) is 134 Å². The number of unbranched alkanes of at least 4 members (excludes halogenated alkanes) is 3. The molecular formula is C45H50N2O7. The normalized spacial score (nSPS) is 14.8. The molecule has 0 atom stereocenters. The summed E-state index contributed by atoms with van der Waals surface area (Å²) >= 11 is 0. The molecule has 2 aliphatic heterocycles. The third-order valence-corrected chi connectivity index (χ3v) is 11.5. The zero-order chi connectivity index (χ0) is 38.5. The number of rotatable bonds is 17. The molecule has 0 bridgehead atoms. The van der Waals surface area contributed by atoms with Crippen molar-refractivity contribution in [3.63, 3.8) is 0 Å². The first-order valence-electron chi connectivity index (χ1n) is 19.6. The van der Waals surface area contributed by atoms with Crippen LogP contribution in [0, 0.1) is 0 Å². The summed E-state index contributed by atoms with van der Waals surface area (Å²) in [5.74, 6) is -1.13. The van der Waals surface area contributed by atoms with Crippen molar-refractivity contribution >= 4 is 72.5 Å². The van der Waals surface area contributed by atoms with Crippen LogP contribution in [-0.4, -0.2) is 76.7 Å². The van der Waals surface area contributed by atoms with Gasteiger partial charge in [0, 0.05) is 65.2 Å². The molecule has 0 aromatic heterocycles. The number of nitrogens with zero attached hydrogens (tertiary/aromatic N) is 2. The number of fused-ring (bicyclic) bond motifs is 2. The Morgan fingerprint density at radius 1 is 0.611 bits per heavy atom. The topological polar surface area (TPSA) is 110 Å². The Bertz CT molecular complexity index is 2200. The second kappa shape index (κ2) is 14.8. The number of hydrogen-bond acceptors (Lipinski definition) is 7. The van der Waals surface area contributed by atoms with Gasteiger partial charge in [-0.2, -0.15) is 0 Å². The summed E-state index contributed by atoms with van der Waals surface area (Å²) in [6, 6.07) is 14.8. The van der Waals surface area contributed by atoms with E-state index in [0.717, 1.165) is 51.6 Å². The van der Waals surface area contributed by atoms with Crippen molar-refractivity contribution in [2.75, 3.05) is 19.8 Å². The van der Waals surface area contributed by atoms with Gasteiger partial charge in [-0.3, -0.25) is 33.8 Å². The smallest absolute Gasteiger partial charge is 0.261 e. The number of benzene rings is 5. The predicted octanol–water partition coefficient (Wildman–Crippen LogP) is 9.25. The number of amides is 4. The number of ketones is 1. The molecule has 5 aromatic rings. The van der Waals surface area contributed by atoms with E-state index < -0.39 is 5.60 Å². The van der Waals surface area contributed by atoms with Crippen LogP contribution >= 0.6 is 0 Å². The number of hydrogen-bond donors (Lipinski definition) is 0. The molecule has 0 saturated carbocycles. The van der Waals surface area contributed by atoms with Gasteiger partial charge in [0.1, 0.15) is 5.60 Å². The van der Waals surface area contributed by atoms with Crippen LogP contribution in [0.4, 0.5) is 0 Å². The van der Waals surface area contributed by atoms with Crippen molar-refractivity contribution in [1.29, 1.82) is 0 Å². The van der Waals surface area contributed by atoms with Gasteiger partial charge in [0.15, 0.2) is 5.78 Å².